The lowest BCUT2D eigenvalue weighted by Crippen LogP contribution is -2.35. The molecule has 0 radical (unpaired) electrons. The first-order valence-electron chi connectivity index (χ1n) is 4.60. The molecule has 68 valence electrons. The van der Waals surface area contributed by atoms with Crippen molar-refractivity contribution >= 4 is 12.7 Å². The lowest BCUT2D eigenvalue weighted by Gasteiger charge is -2.12. The Kier molecular flexibility index (Phi) is 2.00. The van der Waals surface area contributed by atoms with Gasteiger partial charge in [0.25, 0.3) is 6.71 Å². The average molecular weight is 178 g/mol. The SMILES string of the molecule is N#CB1CC[C@H]2[C@@H]1CN[C@H]2C(=O)O. The van der Waals surface area contributed by atoms with Gasteiger partial charge in [0, 0.05) is 5.97 Å². The summed E-state index contributed by atoms with van der Waals surface area (Å²) in [5, 5.41) is 20.7. The molecule has 0 aromatic heterocycles. The van der Waals surface area contributed by atoms with Crippen LogP contribution in [0.1, 0.15) is 6.42 Å². The molecule has 0 aliphatic carbocycles. The summed E-state index contributed by atoms with van der Waals surface area (Å²) < 4.78 is 0. The van der Waals surface area contributed by atoms with Crippen LogP contribution in [-0.4, -0.2) is 30.4 Å². The first-order chi connectivity index (χ1) is 6.24. The maximum Gasteiger partial charge on any atom is 0.320 e. The Morgan fingerprint density at radius 3 is 3.08 bits per heavy atom. The third-order valence-electron chi connectivity index (χ3n) is 3.31. The minimum Gasteiger partial charge on any atom is -0.480 e. The summed E-state index contributed by atoms with van der Waals surface area (Å²) in [6, 6.07) is -0.414. The first-order valence-corrected chi connectivity index (χ1v) is 4.60. The highest BCUT2D eigenvalue weighted by atomic mass is 16.4. The van der Waals surface area contributed by atoms with Crippen LogP contribution in [0.4, 0.5) is 0 Å². The highest BCUT2D eigenvalue weighted by molar-refractivity contribution is 6.69. The van der Waals surface area contributed by atoms with Gasteiger partial charge in [-0.05, 0) is 18.3 Å². The van der Waals surface area contributed by atoms with Gasteiger partial charge in [-0.3, -0.25) is 4.79 Å². The molecule has 3 atom stereocenters. The van der Waals surface area contributed by atoms with Crippen molar-refractivity contribution in [1.82, 2.24) is 5.32 Å². The summed E-state index contributed by atoms with van der Waals surface area (Å²) in [4.78, 5) is 10.8. The van der Waals surface area contributed by atoms with Crippen LogP contribution in [0, 0.1) is 17.1 Å². The van der Waals surface area contributed by atoms with Gasteiger partial charge in [0.1, 0.15) is 6.04 Å². The second kappa shape index (κ2) is 3.04. The van der Waals surface area contributed by atoms with Gasteiger partial charge in [-0.1, -0.05) is 12.7 Å². The molecular formula is C8H11BN2O2. The van der Waals surface area contributed by atoms with Crippen molar-refractivity contribution in [1.29, 1.82) is 5.26 Å². The molecule has 2 fully saturated rings. The largest absolute Gasteiger partial charge is 0.480 e. The monoisotopic (exact) mass is 178 g/mol. The van der Waals surface area contributed by atoms with Crippen molar-refractivity contribution in [2.45, 2.75) is 24.6 Å². The van der Waals surface area contributed by atoms with Crippen LogP contribution in [0.2, 0.25) is 12.1 Å². The zero-order chi connectivity index (χ0) is 9.42. The van der Waals surface area contributed by atoms with E-state index in [2.05, 4.69) is 11.3 Å². The number of hydrogen-bond donors (Lipinski definition) is 2. The number of rotatable bonds is 1. The third-order valence-corrected chi connectivity index (χ3v) is 3.31. The zero-order valence-corrected chi connectivity index (χ0v) is 7.23. The quantitative estimate of drug-likeness (QED) is 0.554. The molecule has 0 amide bonds. The van der Waals surface area contributed by atoms with Crippen molar-refractivity contribution in [3.63, 3.8) is 0 Å². The topological polar surface area (TPSA) is 73.1 Å². The van der Waals surface area contributed by atoms with Gasteiger partial charge in [-0.25, -0.2) is 5.26 Å². The summed E-state index contributed by atoms with van der Waals surface area (Å²) >= 11 is 0. The third kappa shape index (κ3) is 1.22. The predicted molar refractivity (Wildman–Crippen MR) is 47.5 cm³/mol. The summed E-state index contributed by atoms with van der Waals surface area (Å²) in [6.07, 6.45) is 1.75. The molecule has 2 rings (SSSR count). The summed E-state index contributed by atoms with van der Waals surface area (Å²) in [5.74, 6) is 1.94. The van der Waals surface area contributed by atoms with E-state index in [-0.39, 0.29) is 18.4 Å². The van der Waals surface area contributed by atoms with E-state index >= 15 is 0 Å². The molecule has 0 spiro atoms. The van der Waals surface area contributed by atoms with Crippen LogP contribution in [-0.2, 0) is 4.79 Å². The molecule has 2 aliphatic rings. The predicted octanol–water partition coefficient (Wildman–Crippen LogP) is -0.00952. The maximum atomic E-state index is 10.8. The molecule has 4 nitrogen and oxygen atoms in total. The molecule has 2 N–H and O–H groups in total. The number of carboxylic acids is 1. The van der Waals surface area contributed by atoms with E-state index in [0.29, 0.717) is 6.54 Å². The molecule has 2 aliphatic heterocycles. The van der Waals surface area contributed by atoms with E-state index in [0.717, 1.165) is 12.7 Å². The Bertz CT molecular complexity index is 276. The van der Waals surface area contributed by atoms with E-state index < -0.39 is 12.0 Å². The number of carboxylic acid groups (broad SMARTS) is 1. The maximum absolute atomic E-state index is 10.8. The number of nitrogens with one attached hydrogen (secondary N) is 1. The first kappa shape index (κ1) is 8.58. The van der Waals surface area contributed by atoms with Gasteiger partial charge >= 0.3 is 5.97 Å². The highest BCUT2D eigenvalue weighted by Crippen LogP contribution is 2.41. The Morgan fingerprint density at radius 1 is 1.69 bits per heavy atom. The Hall–Kier alpha value is -1.02. The minimum atomic E-state index is -0.772. The van der Waals surface area contributed by atoms with Crippen molar-refractivity contribution in [2.24, 2.45) is 5.92 Å². The van der Waals surface area contributed by atoms with Crippen molar-refractivity contribution in [2.75, 3.05) is 6.54 Å². The lowest BCUT2D eigenvalue weighted by atomic mass is 9.43. The lowest BCUT2D eigenvalue weighted by molar-refractivity contribution is -0.140. The second-order valence-corrected chi connectivity index (χ2v) is 3.86. The van der Waals surface area contributed by atoms with Gasteiger partial charge in [0.2, 0.25) is 0 Å². The molecule has 0 bridgehead atoms. The molecule has 5 heteroatoms. The summed E-state index contributed by atoms with van der Waals surface area (Å²) in [6.45, 7) is 0.765. The van der Waals surface area contributed by atoms with Crippen LogP contribution in [0.15, 0.2) is 0 Å². The summed E-state index contributed by atoms with van der Waals surface area (Å²) in [7, 11) is 0. The smallest absolute Gasteiger partial charge is 0.320 e. The van der Waals surface area contributed by atoms with E-state index in [1.54, 1.807) is 0 Å². The Balaban J connectivity index is 2.12. The fraction of sp³-hybridized carbons (Fsp3) is 0.750. The molecule has 0 aromatic rings. The van der Waals surface area contributed by atoms with Crippen LogP contribution in [0.3, 0.4) is 0 Å². The zero-order valence-electron chi connectivity index (χ0n) is 7.23. The fourth-order valence-electron chi connectivity index (χ4n) is 2.65. The van der Waals surface area contributed by atoms with E-state index in [4.69, 9.17) is 10.4 Å². The molecule has 2 heterocycles. The molecule has 2 saturated heterocycles. The minimum absolute atomic E-state index is 0.0712. The van der Waals surface area contributed by atoms with E-state index in [1.165, 1.54) is 0 Å². The highest BCUT2D eigenvalue weighted by Gasteiger charge is 2.49. The van der Waals surface area contributed by atoms with Gasteiger partial charge in [-0.15, -0.1) is 0 Å². The molecule has 0 unspecified atom stereocenters. The molecule has 0 saturated carbocycles. The summed E-state index contributed by atoms with van der Waals surface area (Å²) in [5.41, 5.74) is 0. The standard InChI is InChI=1S/C8H11BN2O2/c10-4-9-2-1-5-6(9)3-11-7(5)8(12)13/h5-7,11H,1-3H2,(H,12,13)/t5-,6-,7+/m0/s1. The van der Waals surface area contributed by atoms with Crippen molar-refractivity contribution < 1.29 is 9.90 Å². The number of nitriles is 1. The number of aliphatic carboxylic acids is 1. The Morgan fingerprint density at radius 2 is 2.46 bits per heavy atom. The number of hydrogen-bond acceptors (Lipinski definition) is 3. The van der Waals surface area contributed by atoms with Gasteiger partial charge in [-0.2, -0.15) is 0 Å². The van der Waals surface area contributed by atoms with Gasteiger partial charge < -0.3 is 10.4 Å². The fourth-order valence-corrected chi connectivity index (χ4v) is 2.65. The van der Waals surface area contributed by atoms with Gasteiger partial charge in [0.05, 0.1) is 0 Å². The molecule has 0 aromatic carbocycles. The molecular weight excluding hydrogens is 167 g/mol. The van der Waals surface area contributed by atoms with Crippen LogP contribution >= 0.6 is 0 Å². The van der Waals surface area contributed by atoms with Crippen molar-refractivity contribution in [3.8, 4) is 5.97 Å². The Labute approximate surface area is 77.0 Å². The number of carbonyl (C=O) groups is 1. The number of nitrogens with zero attached hydrogens (tertiary/aromatic N) is 1. The number of fused-ring (bicyclic) bond motifs is 1. The van der Waals surface area contributed by atoms with E-state index in [1.807, 2.05) is 0 Å². The normalized spacial score (nSPS) is 37.2. The van der Waals surface area contributed by atoms with Crippen molar-refractivity contribution in [3.05, 3.63) is 0 Å². The second-order valence-electron chi connectivity index (χ2n) is 3.86. The van der Waals surface area contributed by atoms with Crippen LogP contribution in [0.25, 0.3) is 0 Å². The average Bonchev–Trinajstić information content (AvgIpc) is 2.61. The van der Waals surface area contributed by atoms with Crippen LogP contribution < -0.4 is 5.32 Å². The van der Waals surface area contributed by atoms with Crippen LogP contribution in [0.5, 0.6) is 0 Å². The molecule has 13 heavy (non-hydrogen) atoms. The van der Waals surface area contributed by atoms with Gasteiger partial charge in [0.15, 0.2) is 0 Å². The van der Waals surface area contributed by atoms with E-state index in [9.17, 15) is 4.79 Å².